The highest BCUT2D eigenvalue weighted by Crippen LogP contribution is 2.29. The Morgan fingerprint density at radius 2 is 1.67 bits per heavy atom. The molecule has 0 aliphatic rings. The zero-order chi connectivity index (χ0) is 21.6. The highest BCUT2D eigenvalue weighted by atomic mass is 32.2. The molecule has 0 aliphatic carbocycles. The van der Waals surface area contributed by atoms with E-state index in [0.29, 0.717) is 22.7 Å². The summed E-state index contributed by atoms with van der Waals surface area (Å²) in [5.41, 5.74) is 1.95. The third-order valence-corrected chi connectivity index (χ3v) is 5.67. The van der Waals surface area contributed by atoms with Gasteiger partial charge in [0.2, 0.25) is 10.0 Å². The number of aryl methyl sites for hydroxylation is 1. The number of para-hydroxylation sites is 2. The number of nitrogens with one attached hydrogen (secondary N) is 2. The van der Waals surface area contributed by atoms with Crippen molar-refractivity contribution in [1.29, 1.82) is 0 Å². The number of carbonyl (C=O) groups is 1. The number of benzene rings is 3. The SMILES string of the molecule is C=CCNS(=O)(=O)c1ccc(C(=O)Nc2ccccc2Oc2ccc(C)cc2)cc1. The summed E-state index contributed by atoms with van der Waals surface area (Å²) in [4.78, 5) is 12.7. The fourth-order valence-electron chi connectivity index (χ4n) is 2.62. The largest absolute Gasteiger partial charge is 0.455 e. The summed E-state index contributed by atoms with van der Waals surface area (Å²) in [5.74, 6) is 0.782. The van der Waals surface area contributed by atoms with Crippen LogP contribution in [0.2, 0.25) is 0 Å². The Hall–Kier alpha value is -3.42. The van der Waals surface area contributed by atoms with E-state index in [4.69, 9.17) is 4.74 Å². The monoisotopic (exact) mass is 422 g/mol. The topological polar surface area (TPSA) is 84.5 Å². The molecule has 0 aliphatic heterocycles. The molecule has 0 heterocycles. The van der Waals surface area contributed by atoms with Crippen LogP contribution in [0.15, 0.2) is 90.3 Å². The van der Waals surface area contributed by atoms with Gasteiger partial charge in [-0.25, -0.2) is 13.1 Å². The number of amides is 1. The van der Waals surface area contributed by atoms with Crippen LogP contribution in [0, 0.1) is 6.92 Å². The van der Waals surface area contributed by atoms with E-state index in [1.165, 1.54) is 30.3 Å². The lowest BCUT2D eigenvalue weighted by molar-refractivity contribution is 0.102. The Balaban J connectivity index is 1.75. The van der Waals surface area contributed by atoms with Gasteiger partial charge in [-0.15, -0.1) is 6.58 Å². The minimum absolute atomic E-state index is 0.0732. The van der Waals surface area contributed by atoms with Crippen LogP contribution in [0.5, 0.6) is 11.5 Å². The van der Waals surface area contributed by atoms with Gasteiger partial charge in [-0.3, -0.25) is 4.79 Å². The van der Waals surface area contributed by atoms with Gasteiger partial charge >= 0.3 is 0 Å². The van der Waals surface area contributed by atoms with Crippen molar-refractivity contribution in [2.24, 2.45) is 0 Å². The Kier molecular flexibility index (Phi) is 6.66. The van der Waals surface area contributed by atoms with E-state index < -0.39 is 10.0 Å². The van der Waals surface area contributed by atoms with Gasteiger partial charge in [0.05, 0.1) is 10.6 Å². The summed E-state index contributed by atoms with van der Waals surface area (Å²) in [6.45, 7) is 5.60. The number of carbonyl (C=O) groups excluding carboxylic acids is 1. The molecule has 0 aromatic heterocycles. The van der Waals surface area contributed by atoms with Gasteiger partial charge in [0.1, 0.15) is 5.75 Å². The molecule has 0 unspecified atom stereocenters. The fourth-order valence-corrected chi connectivity index (χ4v) is 3.62. The molecule has 0 spiro atoms. The molecule has 0 radical (unpaired) electrons. The van der Waals surface area contributed by atoms with Gasteiger partial charge in [0.25, 0.3) is 5.91 Å². The van der Waals surface area contributed by atoms with Crippen molar-refractivity contribution in [3.63, 3.8) is 0 Å². The molecule has 0 fully saturated rings. The Morgan fingerprint density at radius 1 is 1.00 bits per heavy atom. The molecule has 0 atom stereocenters. The molecule has 154 valence electrons. The standard InChI is InChI=1S/C23H22N2O4S/c1-3-16-24-30(27,28)20-14-10-18(11-15-20)23(26)25-21-6-4-5-7-22(21)29-19-12-8-17(2)9-13-19/h3-15,24H,1,16H2,2H3,(H,25,26). The fraction of sp³-hybridized carbons (Fsp3) is 0.0870. The molecule has 3 rings (SSSR count). The van der Waals surface area contributed by atoms with E-state index in [-0.39, 0.29) is 17.3 Å². The quantitative estimate of drug-likeness (QED) is 0.524. The maximum Gasteiger partial charge on any atom is 0.255 e. The molecule has 0 saturated heterocycles. The second-order valence-corrected chi connectivity index (χ2v) is 8.30. The number of anilines is 1. The summed E-state index contributed by atoms with van der Waals surface area (Å²) in [5, 5.41) is 2.81. The van der Waals surface area contributed by atoms with Crippen LogP contribution < -0.4 is 14.8 Å². The zero-order valence-electron chi connectivity index (χ0n) is 16.5. The van der Waals surface area contributed by atoms with Crippen LogP contribution in [0.1, 0.15) is 15.9 Å². The predicted molar refractivity (Wildman–Crippen MR) is 117 cm³/mol. The first-order valence-electron chi connectivity index (χ1n) is 9.24. The van der Waals surface area contributed by atoms with Gasteiger partial charge < -0.3 is 10.1 Å². The lowest BCUT2D eigenvalue weighted by Crippen LogP contribution is -2.23. The van der Waals surface area contributed by atoms with E-state index in [1.807, 2.05) is 37.3 Å². The number of ether oxygens (including phenoxy) is 1. The van der Waals surface area contributed by atoms with Gasteiger partial charge in [-0.1, -0.05) is 35.9 Å². The molecule has 3 aromatic carbocycles. The summed E-state index contributed by atoms with van der Waals surface area (Å²) in [6.07, 6.45) is 1.45. The van der Waals surface area contributed by atoms with E-state index >= 15 is 0 Å². The number of rotatable bonds is 8. The molecule has 0 bridgehead atoms. The minimum Gasteiger partial charge on any atom is -0.455 e. The first-order valence-corrected chi connectivity index (χ1v) is 10.7. The van der Waals surface area contributed by atoms with Crippen LogP contribution in [0.4, 0.5) is 5.69 Å². The van der Waals surface area contributed by atoms with Crippen molar-refractivity contribution in [3.8, 4) is 11.5 Å². The van der Waals surface area contributed by atoms with Crippen LogP contribution in [0.3, 0.4) is 0 Å². The van der Waals surface area contributed by atoms with E-state index in [1.54, 1.807) is 18.2 Å². The van der Waals surface area contributed by atoms with Crippen LogP contribution >= 0.6 is 0 Å². The average molecular weight is 423 g/mol. The normalized spacial score (nSPS) is 11.0. The molecule has 6 nitrogen and oxygen atoms in total. The Bertz CT molecular complexity index is 1140. The first kappa shape index (κ1) is 21.3. The molecular weight excluding hydrogens is 400 g/mol. The second-order valence-electron chi connectivity index (χ2n) is 6.53. The van der Waals surface area contributed by atoms with Crippen molar-refractivity contribution < 1.29 is 17.9 Å². The molecule has 1 amide bonds. The highest BCUT2D eigenvalue weighted by Gasteiger charge is 2.15. The van der Waals surface area contributed by atoms with Crippen molar-refractivity contribution in [2.45, 2.75) is 11.8 Å². The Labute approximate surface area is 176 Å². The van der Waals surface area contributed by atoms with Crippen molar-refractivity contribution in [1.82, 2.24) is 4.72 Å². The van der Waals surface area contributed by atoms with Crippen LogP contribution in [-0.2, 0) is 10.0 Å². The average Bonchev–Trinajstić information content (AvgIpc) is 2.75. The third kappa shape index (κ3) is 5.34. The van der Waals surface area contributed by atoms with Crippen LogP contribution in [0.25, 0.3) is 0 Å². The lowest BCUT2D eigenvalue weighted by atomic mass is 10.2. The zero-order valence-corrected chi connectivity index (χ0v) is 17.3. The maximum atomic E-state index is 12.7. The smallest absolute Gasteiger partial charge is 0.255 e. The number of hydrogen-bond donors (Lipinski definition) is 2. The van der Waals surface area contributed by atoms with Crippen LogP contribution in [-0.4, -0.2) is 20.9 Å². The van der Waals surface area contributed by atoms with Crippen molar-refractivity contribution in [2.75, 3.05) is 11.9 Å². The first-order chi connectivity index (χ1) is 14.4. The molecule has 3 aromatic rings. The second kappa shape index (κ2) is 9.39. The molecule has 7 heteroatoms. The molecular formula is C23H22N2O4S. The summed E-state index contributed by atoms with van der Waals surface area (Å²) < 4.78 is 32.5. The molecule has 0 saturated carbocycles. The summed E-state index contributed by atoms with van der Waals surface area (Å²) in [7, 11) is -3.64. The van der Waals surface area contributed by atoms with Gasteiger partial charge in [-0.2, -0.15) is 0 Å². The van der Waals surface area contributed by atoms with Gasteiger partial charge in [0, 0.05) is 12.1 Å². The van der Waals surface area contributed by atoms with Gasteiger partial charge in [0.15, 0.2) is 5.75 Å². The highest BCUT2D eigenvalue weighted by molar-refractivity contribution is 7.89. The predicted octanol–water partition coefficient (Wildman–Crippen LogP) is 4.50. The summed E-state index contributed by atoms with van der Waals surface area (Å²) in [6, 6.07) is 20.4. The summed E-state index contributed by atoms with van der Waals surface area (Å²) >= 11 is 0. The van der Waals surface area contributed by atoms with E-state index in [9.17, 15) is 13.2 Å². The molecule has 30 heavy (non-hydrogen) atoms. The number of hydrogen-bond acceptors (Lipinski definition) is 4. The van der Waals surface area contributed by atoms with Crippen molar-refractivity contribution in [3.05, 3.63) is 96.6 Å². The van der Waals surface area contributed by atoms with E-state index in [0.717, 1.165) is 5.56 Å². The Morgan fingerprint density at radius 3 is 2.33 bits per heavy atom. The van der Waals surface area contributed by atoms with Gasteiger partial charge in [-0.05, 0) is 55.5 Å². The van der Waals surface area contributed by atoms with Crippen molar-refractivity contribution >= 4 is 21.6 Å². The minimum atomic E-state index is -3.64. The lowest BCUT2D eigenvalue weighted by Gasteiger charge is -2.13. The molecule has 2 N–H and O–H groups in total. The maximum absolute atomic E-state index is 12.7. The van der Waals surface area contributed by atoms with E-state index in [2.05, 4.69) is 16.6 Å². The third-order valence-electron chi connectivity index (χ3n) is 4.23. The number of sulfonamides is 1.